The monoisotopic (exact) mass is 311 g/mol. The summed E-state index contributed by atoms with van der Waals surface area (Å²) in [4.78, 5) is 10.9. The van der Waals surface area contributed by atoms with Gasteiger partial charge in [-0.25, -0.2) is 13.1 Å². The van der Waals surface area contributed by atoms with Crippen molar-refractivity contribution in [1.29, 1.82) is 0 Å². The van der Waals surface area contributed by atoms with E-state index in [0.717, 1.165) is 25.5 Å². The number of hydrogen-bond donors (Lipinski definition) is 2. The molecule has 1 saturated heterocycles. The smallest absolute Gasteiger partial charge is 0.305 e. The second kappa shape index (κ2) is 7.47. The Hall–Kier alpha value is -0.310. The predicted octanol–water partition coefficient (Wildman–Crippen LogP) is 0.114. The maximum Gasteiger partial charge on any atom is 0.305 e. The van der Waals surface area contributed by atoms with E-state index in [9.17, 15) is 18.3 Å². The number of sulfonamides is 1. The third-order valence-electron chi connectivity index (χ3n) is 3.00. The molecule has 1 heterocycles. The molecular weight excluding hydrogens is 290 g/mol. The van der Waals surface area contributed by atoms with Gasteiger partial charge in [-0.1, -0.05) is 6.42 Å². The molecule has 1 rings (SSSR count). The van der Waals surface area contributed by atoms with Crippen LogP contribution in [0.1, 0.15) is 25.7 Å². The van der Waals surface area contributed by atoms with Crippen molar-refractivity contribution in [2.24, 2.45) is 0 Å². The lowest BCUT2D eigenvalue weighted by atomic mass is 10.0. The van der Waals surface area contributed by atoms with Gasteiger partial charge in [0.15, 0.2) is 0 Å². The highest BCUT2D eigenvalue weighted by molar-refractivity contribution is 8.00. The van der Waals surface area contributed by atoms with Crippen molar-refractivity contribution in [2.75, 3.05) is 19.1 Å². The van der Waals surface area contributed by atoms with Gasteiger partial charge in [0.25, 0.3) is 0 Å². The Morgan fingerprint density at radius 3 is 2.74 bits per heavy atom. The van der Waals surface area contributed by atoms with Crippen LogP contribution in [0.4, 0.5) is 0 Å². The largest absolute Gasteiger partial charge is 0.469 e. The van der Waals surface area contributed by atoms with Crippen LogP contribution in [0.2, 0.25) is 0 Å². The number of unbranched alkanes of at least 4 members (excludes halogenated alkanes) is 1. The number of esters is 1. The molecule has 0 aromatic carbocycles. The molecule has 0 saturated carbocycles. The fraction of sp³-hybridized carbons (Fsp3) is 0.909. The van der Waals surface area contributed by atoms with E-state index in [-0.39, 0.29) is 11.2 Å². The van der Waals surface area contributed by atoms with Gasteiger partial charge in [-0.15, -0.1) is 0 Å². The molecule has 19 heavy (non-hydrogen) atoms. The maximum atomic E-state index is 11.1. The summed E-state index contributed by atoms with van der Waals surface area (Å²) < 4.78 is 29.2. The van der Waals surface area contributed by atoms with E-state index >= 15 is 0 Å². The molecular formula is C11H21NO5S2. The van der Waals surface area contributed by atoms with Crippen molar-refractivity contribution in [3.8, 4) is 0 Å². The molecule has 112 valence electrons. The second-order valence-corrected chi connectivity index (χ2v) is 7.73. The van der Waals surface area contributed by atoms with Gasteiger partial charge in [0.2, 0.25) is 10.0 Å². The average Bonchev–Trinajstić information content (AvgIpc) is 2.64. The fourth-order valence-corrected chi connectivity index (χ4v) is 4.37. The third kappa shape index (κ3) is 6.11. The molecule has 0 aliphatic carbocycles. The molecule has 8 heteroatoms. The molecule has 2 N–H and O–H groups in total. The van der Waals surface area contributed by atoms with Crippen LogP contribution in [-0.4, -0.2) is 56.0 Å². The van der Waals surface area contributed by atoms with Gasteiger partial charge >= 0.3 is 5.97 Å². The quantitative estimate of drug-likeness (QED) is 0.512. The Balaban J connectivity index is 2.28. The van der Waals surface area contributed by atoms with Gasteiger partial charge in [0.1, 0.15) is 0 Å². The zero-order valence-electron chi connectivity index (χ0n) is 11.2. The Morgan fingerprint density at radius 2 is 2.16 bits per heavy atom. The Labute approximate surface area is 118 Å². The van der Waals surface area contributed by atoms with Crippen LogP contribution in [0, 0.1) is 0 Å². The maximum absolute atomic E-state index is 11.1. The molecule has 0 bridgehead atoms. The van der Waals surface area contributed by atoms with E-state index < -0.39 is 22.2 Å². The first-order valence-electron chi connectivity index (χ1n) is 6.17. The van der Waals surface area contributed by atoms with E-state index in [0.29, 0.717) is 12.2 Å². The van der Waals surface area contributed by atoms with Crippen molar-refractivity contribution in [3.63, 3.8) is 0 Å². The van der Waals surface area contributed by atoms with E-state index in [1.807, 2.05) is 0 Å². The van der Waals surface area contributed by atoms with Crippen molar-refractivity contribution in [2.45, 2.75) is 43.1 Å². The van der Waals surface area contributed by atoms with E-state index in [4.69, 9.17) is 0 Å². The molecule has 1 fully saturated rings. The number of thioether (sulfide) groups is 1. The van der Waals surface area contributed by atoms with E-state index in [1.54, 1.807) is 11.8 Å². The number of methoxy groups -OCH3 is 1. The minimum absolute atomic E-state index is 0.0249. The van der Waals surface area contributed by atoms with Crippen LogP contribution in [0.3, 0.4) is 0 Å². The molecule has 0 spiro atoms. The number of carbonyl (C=O) groups is 1. The zero-order chi connectivity index (χ0) is 14.5. The van der Waals surface area contributed by atoms with Gasteiger partial charge in [0.05, 0.1) is 25.5 Å². The number of aliphatic hydroxyl groups excluding tert-OH is 1. The lowest BCUT2D eigenvalue weighted by molar-refractivity contribution is -0.140. The van der Waals surface area contributed by atoms with Gasteiger partial charge in [-0.05, 0) is 12.8 Å². The fourth-order valence-electron chi connectivity index (χ4n) is 2.03. The van der Waals surface area contributed by atoms with Crippen LogP contribution in [0.15, 0.2) is 0 Å². The third-order valence-corrected chi connectivity index (χ3v) is 5.22. The molecule has 0 aromatic rings. The molecule has 1 aliphatic rings. The number of aliphatic hydroxyl groups is 1. The minimum Gasteiger partial charge on any atom is -0.469 e. The predicted molar refractivity (Wildman–Crippen MR) is 74.5 cm³/mol. The first kappa shape index (κ1) is 16.7. The number of ether oxygens (including phenoxy) is 1. The summed E-state index contributed by atoms with van der Waals surface area (Å²) in [6.45, 7) is 0. The van der Waals surface area contributed by atoms with E-state index in [2.05, 4.69) is 9.46 Å². The minimum atomic E-state index is -3.29. The van der Waals surface area contributed by atoms with Crippen molar-refractivity contribution < 1.29 is 23.1 Å². The van der Waals surface area contributed by atoms with Crippen LogP contribution in [0.5, 0.6) is 0 Å². The molecule has 0 aromatic heterocycles. The highest BCUT2D eigenvalue weighted by Gasteiger charge is 2.36. The second-order valence-electron chi connectivity index (χ2n) is 4.68. The number of carbonyl (C=O) groups excluding carboxylic acids is 1. The highest BCUT2D eigenvalue weighted by atomic mass is 32.2. The summed E-state index contributed by atoms with van der Waals surface area (Å²) >= 11 is 1.57. The van der Waals surface area contributed by atoms with Crippen molar-refractivity contribution >= 4 is 27.8 Å². The van der Waals surface area contributed by atoms with Gasteiger partial charge in [-0.3, -0.25) is 4.79 Å². The summed E-state index contributed by atoms with van der Waals surface area (Å²) in [6, 6.07) is -0.411. The molecule has 0 unspecified atom stereocenters. The summed E-state index contributed by atoms with van der Waals surface area (Å²) in [6.07, 6.45) is 3.11. The van der Waals surface area contributed by atoms with Crippen LogP contribution < -0.4 is 4.72 Å². The Bertz CT molecular complexity index is 398. The number of rotatable bonds is 7. The Kier molecular flexibility index (Phi) is 6.58. The first-order valence-corrected chi connectivity index (χ1v) is 9.11. The van der Waals surface area contributed by atoms with Gasteiger partial charge in [-0.2, -0.15) is 11.8 Å². The summed E-state index contributed by atoms with van der Waals surface area (Å²) in [5.74, 6) is 0.354. The summed E-state index contributed by atoms with van der Waals surface area (Å²) in [5.41, 5.74) is 0. The standard InChI is InChI=1S/C11H21NO5S2/c1-17-10(13)6-4-3-5-9-11(14)8(7-18-9)12-19(2,15)16/h8-9,11-12,14H,3-7H2,1-2H3/t8-,9-,11+/m1/s1. The Morgan fingerprint density at radius 1 is 1.47 bits per heavy atom. The molecule has 6 nitrogen and oxygen atoms in total. The van der Waals surface area contributed by atoms with Crippen molar-refractivity contribution in [1.82, 2.24) is 4.72 Å². The lowest BCUT2D eigenvalue weighted by Crippen LogP contribution is -2.43. The molecule has 1 aliphatic heterocycles. The summed E-state index contributed by atoms with van der Waals surface area (Å²) in [5, 5.41) is 10.1. The van der Waals surface area contributed by atoms with Gasteiger partial charge in [0, 0.05) is 17.4 Å². The topological polar surface area (TPSA) is 92.7 Å². The molecule has 3 atom stereocenters. The van der Waals surface area contributed by atoms with Crippen LogP contribution in [0.25, 0.3) is 0 Å². The van der Waals surface area contributed by atoms with E-state index in [1.165, 1.54) is 7.11 Å². The highest BCUT2D eigenvalue weighted by Crippen LogP contribution is 2.31. The molecule has 0 amide bonds. The number of hydrogen-bond acceptors (Lipinski definition) is 6. The first-order chi connectivity index (χ1) is 8.83. The lowest BCUT2D eigenvalue weighted by Gasteiger charge is -2.18. The molecule has 0 radical (unpaired) electrons. The zero-order valence-corrected chi connectivity index (χ0v) is 12.8. The van der Waals surface area contributed by atoms with Gasteiger partial charge < -0.3 is 9.84 Å². The van der Waals surface area contributed by atoms with Crippen LogP contribution in [-0.2, 0) is 19.6 Å². The van der Waals surface area contributed by atoms with Crippen LogP contribution >= 0.6 is 11.8 Å². The average molecular weight is 311 g/mol. The van der Waals surface area contributed by atoms with Crippen molar-refractivity contribution in [3.05, 3.63) is 0 Å². The number of nitrogens with one attached hydrogen (secondary N) is 1. The SMILES string of the molecule is COC(=O)CCCC[C@H]1SC[C@@H](NS(C)(=O)=O)[C@@H]1O. The summed E-state index contributed by atoms with van der Waals surface area (Å²) in [7, 11) is -1.93. The normalized spacial score (nSPS) is 27.4.